The molecule has 136 valence electrons. The third-order valence-electron chi connectivity index (χ3n) is 5.06. The van der Waals surface area contributed by atoms with Gasteiger partial charge in [0.05, 0.1) is 0 Å². The number of rotatable bonds is 4. The summed E-state index contributed by atoms with van der Waals surface area (Å²) >= 11 is 0. The van der Waals surface area contributed by atoms with E-state index in [1.165, 1.54) is 18.4 Å². The predicted octanol–water partition coefficient (Wildman–Crippen LogP) is 3.29. The second-order valence-corrected chi connectivity index (χ2v) is 8.09. The van der Waals surface area contributed by atoms with Crippen molar-refractivity contribution < 1.29 is 9.53 Å². The molecule has 0 saturated heterocycles. The molecule has 2 aliphatic carbocycles. The van der Waals surface area contributed by atoms with Crippen LogP contribution in [0, 0.1) is 24.7 Å². The van der Waals surface area contributed by atoms with E-state index in [4.69, 9.17) is 4.74 Å². The fourth-order valence-electron chi connectivity index (χ4n) is 3.72. The molecule has 2 saturated carbocycles. The highest BCUT2D eigenvalue weighted by Crippen LogP contribution is 2.57. The third-order valence-corrected chi connectivity index (χ3v) is 5.06. The molecular weight excluding hydrogens is 316 g/mol. The van der Waals surface area contributed by atoms with Crippen LogP contribution >= 0.6 is 0 Å². The van der Waals surface area contributed by atoms with Gasteiger partial charge in [-0.3, -0.25) is 0 Å². The van der Waals surface area contributed by atoms with Gasteiger partial charge in [-0.05, 0) is 57.9 Å². The standard InChI is InChI=1S/C19H28N4O2/c1-12-8-17(22-11-21-12)23(5)10-16-14-7-6-13(14)15(16)9-20-18(24)25-19(2,3)4/h8,10-11,13-15H,6-7,9H2,1-5H3,(H,20,24)/b16-10+. The first-order valence-electron chi connectivity index (χ1n) is 8.94. The van der Waals surface area contributed by atoms with E-state index in [0.717, 1.165) is 11.5 Å². The first-order chi connectivity index (χ1) is 11.7. The molecule has 1 aromatic rings. The minimum atomic E-state index is -0.466. The van der Waals surface area contributed by atoms with Crippen molar-refractivity contribution in [2.45, 2.75) is 46.1 Å². The molecule has 1 N–H and O–H groups in total. The monoisotopic (exact) mass is 344 g/mol. The summed E-state index contributed by atoms with van der Waals surface area (Å²) < 4.78 is 5.34. The molecule has 0 bridgehead atoms. The summed E-state index contributed by atoms with van der Waals surface area (Å²) in [6.07, 6.45) is 5.93. The Morgan fingerprint density at radius 3 is 2.76 bits per heavy atom. The Balaban J connectivity index is 1.63. The van der Waals surface area contributed by atoms with Gasteiger partial charge < -0.3 is 15.0 Å². The average Bonchev–Trinajstić information content (AvgIpc) is 2.47. The molecule has 0 spiro atoms. The highest BCUT2D eigenvalue weighted by atomic mass is 16.6. The molecule has 0 radical (unpaired) electrons. The Morgan fingerprint density at radius 2 is 2.16 bits per heavy atom. The van der Waals surface area contributed by atoms with Crippen molar-refractivity contribution in [3.63, 3.8) is 0 Å². The maximum atomic E-state index is 11.9. The summed E-state index contributed by atoms with van der Waals surface area (Å²) in [4.78, 5) is 22.5. The summed E-state index contributed by atoms with van der Waals surface area (Å²) in [5.74, 6) is 2.65. The minimum absolute atomic E-state index is 0.339. The van der Waals surface area contributed by atoms with Crippen molar-refractivity contribution >= 4 is 11.9 Å². The summed E-state index contributed by atoms with van der Waals surface area (Å²) in [7, 11) is 2.01. The van der Waals surface area contributed by atoms with Gasteiger partial charge in [-0.25, -0.2) is 14.8 Å². The van der Waals surface area contributed by atoms with E-state index in [2.05, 4.69) is 26.4 Å². The van der Waals surface area contributed by atoms with Gasteiger partial charge in [-0.2, -0.15) is 0 Å². The number of fused-ring (bicyclic) bond motifs is 1. The molecule has 3 unspecified atom stereocenters. The number of nitrogens with zero attached hydrogens (tertiary/aromatic N) is 3. The van der Waals surface area contributed by atoms with E-state index in [0.29, 0.717) is 24.3 Å². The number of anilines is 1. The molecule has 25 heavy (non-hydrogen) atoms. The molecule has 1 amide bonds. The van der Waals surface area contributed by atoms with Crippen molar-refractivity contribution in [2.75, 3.05) is 18.5 Å². The van der Waals surface area contributed by atoms with Crippen LogP contribution in [-0.2, 0) is 4.74 Å². The van der Waals surface area contributed by atoms with Crippen LogP contribution in [0.1, 0.15) is 39.3 Å². The Morgan fingerprint density at radius 1 is 1.40 bits per heavy atom. The molecule has 3 atom stereocenters. The normalized spacial score (nSPS) is 26.3. The first kappa shape index (κ1) is 17.7. The molecule has 6 heteroatoms. The Hall–Kier alpha value is -2.11. The summed E-state index contributed by atoms with van der Waals surface area (Å²) in [5, 5.41) is 2.93. The van der Waals surface area contributed by atoms with E-state index in [-0.39, 0.29) is 6.09 Å². The molecule has 3 rings (SSSR count). The molecular formula is C19H28N4O2. The van der Waals surface area contributed by atoms with Crippen LogP contribution in [0.5, 0.6) is 0 Å². The summed E-state index contributed by atoms with van der Waals surface area (Å²) in [6.45, 7) is 8.23. The van der Waals surface area contributed by atoms with Gasteiger partial charge in [-0.1, -0.05) is 0 Å². The molecule has 2 fully saturated rings. The second-order valence-electron chi connectivity index (χ2n) is 8.09. The number of nitrogens with one attached hydrogen (secondary N) is 1. The molecule has 1 heterocycles. The second kappa shape index (κ2) is 6.65. The number of hydrogen-bond acceptors (Lipinski definition) is 5. The van der Waals surface area contributed by atoms with Gasteiger partial charge in [0.15, 0.2) is 0 Å². The van der Waals surface area contributed by atoms with Crippen LogP contribution in [-0.4, -0.2) is 35.3 Å². The topological polar surface area (TPSA) is 67.4 Å². The largest absolute Gasteiger partial charge is 0.444 e. The fraction of sp³-hybridized carbons (Fsp3) is 0.632. The van der Waals surface area contributed by atoms with E-state index >= 15 is 0 Å². The lowest BCUT2D eigenvalue weighted by molar-refractivity contribution is 0.0367. The van der Waals surface area contributed by atoms with Crippen molar-refractivity contribution in [2.24, 2.45) is 17.8 Å². The summed E-state index contributed by atoms with van der Waals surface area (Å²) in [5.41, 5.74) is 1.89. The van der Waals surface area contributed by atoms with Crippen LogP contribution in [0.15, 0.2) is 24.2 Å². The van der Waals surface area contributed by atoms with Gasteiger partial charge in [0.25, 0.3) is 0 Å². The van der Waals surface area contributed by atoms with Gasteiger partial charge in [0, 0.05) is 37.5 Å². The van der Waals surface area contributed by atoms with E-state index in [9.17, 15) is 4.79 Å². The van der Waals surface area contributed by atoms with E-state index < -0.39 is 5.60 Å². The van der Waals surface area contributed by atoms with E-state index in [1.54, 1.807) is 6.33 Å². The molecule has 0 aliphatic heterocycles. The minimum Gasteiger partial charge on any atom is -0.444 e. The number of alkyl carbamates (subject to hydrolysis) is 1. The Labute approximate surface area is 149 Å². The predicted molar refractivity (Wildman–Crippen MR) is 97.2 cm³/mol. The van der Waals surface area contributed by atoms with Crippen molar-refractivity contribution in [1.82, 2.24) is 15.3 Å². The maximum absolute atomic E-state index is 11.9. The van der Waals surface area contributed by atoms with Gasteiger partial charge in [0.2, 0.25) is 0 Å². The number of amides is 1. The highest BCUT2D eigenvalue weighted by molar-refractivity contribution is 5.67. The van der Waals surface area contributed by atoms with E-state index in [1.807, 2.05) is 40.8 Å². The lowest BCUT2D eigenvalue weighted by Gasteiger charge is -2.55. The Bertz CT molecular complexity index is 680. The number of carbonyl (C=O) groups excluding carboxylic acids is 1. The zero-order valence-corrected chi connectivity index (χ0v) is 15.7. The third kappa shape index (κ3) is 3.94. The first-order valence-corrected chi connectivity index (χ1v) is 8.94. The van der Waals surface area contributed by atoms with Crippen molar-refractivity contribution in [3.05, 3.63) is 29.9 Å². The zero-order valence-electron chi connectivity index (χ0n) is 15.7. The Kier molecular flexibility index (Phi) is 4.71. The number of hydrogen-bond donors (Lipinski definition) is 1. The molecule has 2 aliphatic rings. The van der Waals surface area contributed by atoms with Crippen LogP contribution in [0.2, 0.25) is 0 Å². The number of carbonyl (C=O) groups is 1. The number of aromatic nitrogens is 2. The quantitative estimate of drug-likeness (QED) is 0.908. The van der Waals surface area contributed by atoms with Crippen LogP contribution < -0.4 is 10.2 Å². The summed E-state index contributed by atoms with van der Waals surface area (Å²) in [6, 6.07) is 1.97. The SMILES string of the molecule is Cc1cc(N(C)/C=C2\C3CCC3C2CNC(=O)OC(C)(C)C)ncn1. The lowest BCUT2D eigenvalue weighted by Crippen LogP contribution is -2.52. The number of aryl methyl sites for hydroxylation is 1. The molecule has 0 aromatic carbocycles. The molecule has 6 nitrogen and oxygen atoms in total. The highest BCUT2D eigenvalue weighted by Gasteiger charge is 2.51. The maximum Gasteiger partial charge on any atom is 0.407 e. The zero-order chi connectivity index (χ0) is 18.2. The van der Waals surface area contributed by atoms with Crippen LogP contribution in [0.4, 0.5) is 10.6 Å². The molecule has 1 aromatic heterocycles. The van der Waals surface area contributed by atoms with Crippen LogP contribution in [0.25, 0.3) is 0 Å². The van der Waals surface area contributed by atoms with Gasteiger partial charge in [0.1, 0.15) is 17.7 Å². The van der Waals surface area contributed by atoms with Crippen LogP contribution in [0.3, 0.4) is 0 Å². The van der Waals surface area contributed by atoms with Gasteiger partial charge in [-0.15, -0.1) is 0 Å². The lowest BCUT2D eigenvalue weighted by atomic mass is 9.50. The van der Waals surface area contributed by atoms with Crippen molar-refractivity contribution in [1.29, 1.82) is 0 Å². The van der Waals surface area contributed by atoms with Crippen molar-refractivity contribution in [3.8, 4) is 0 Å². The fourth-order valence-corrected chi connectivity index (χ4v) is 3.72. The average molecular weight is 344 g/mol. The number of ether oxygens (including phenoxy) is 1. The smallest absolute Gasteiger partial charge is 0.407 e. The van der Waals surface area contributed by atoms with Gasteiger partial charge >= 0.3 is 6.09 Å².